The van der Waals surface area contributed by atoms with Crippen LogP contribution >= 0.6 is 35.0 Å². The first kappa shape index (κ1) is 20.5. The SMILES string of the molecule is Cc1ccc(SCC(=O)NC2CCN(Cc3ccc(Cl)c(Cl)c3)CC2)nc1. The van der Waals surface area contributed by atoms with Crippen molar-refractivity contribution in [2.24, 2.45) is 0 Å². The predicted octanol–water partition coefficient (Wildman–Crippen LogP) is 4.57. The lowest BCUT2D eigenvalue weighted by Gasteiger charge is -2.32. The number of pyridine rings is 1. The lowest BCUT2D eigenvalue weighted by atomic mass is 10.0. The second-order valence-corrected chi connectivity index (χ2v) is 8.64. The molecule has 0 aliphatic carbocycles. The molecule has 0 atom stereocenters. The number of aryl methyl sites for hydroxylation is 1. The third-order valence-corrected chi connectivity index (χ3v) is 6.26. The van der Waals surface area contributed by atoms with E-state index >= 15 is 0 Å². The maximum Gasteiger partial charge on any atom is 0.230 e. The molecule has 2 aromatic rings. The third-order valence-electron chi connectivity index (χ3n) is 4.58. The molecule has 0 spiro atoms. The van der Waals surface area contributed by atoms with E-state index in [9.17, 15) is 4.79 Å². The Labute approximate surface area is 174 Å². The van der Waals surface area contributed by atoms with E-state index in [1.165, 1.54) is 11.8 Å². The zero-order valence-corrected chi connectivity index (χ0v) is 17.6. The van der Waals surface area contributed by atoms with E-state index in [1.54, 1.807) is 0 Å². The number of thioether (sulfide) groups is 1. The number of carbonyl (C=O) groups is 1. The molecule has 1 N–H and O–H groups in total. The van der Waals surface area contributed by atoms with Crippen LogP contribution in [0.3, 0.4) is 0 Å². The van der Waals surface area contributed by atoms with Crippen LogP contribution in [0.4, 0.5) is 0 Å². The van der Waals surface area contributed by atoms with Gasteiger partial charge in [0.2, 0.25) is 5.91 Å². The van der Waals surface area contributed by atoms with Gasteiger partial charge in [0.05, 0.1) is 20.8 Å². The number of nitrogens with zero attached hydrogens (tertiary/aromatic N) is 2. The molecule has 0 saturated carbocycles. The van der Waals surface area contributed by atoms with E-state index in [2.05, 4.69) is 15.2 Å². The molecule has 2 heterocycles. The Morgan fingerprint density at radius 3 is 2.67 bits per heavy atom. The van der Waals surface area contributed by atoms with Crippen LogP contribution in [0.2, 0.25) is 10.0 Å². The van der Waals surface area contributed by atoms with E-state index in [0.717, 1.165) is 48.6 Å². The van der Waals surface area contributed by atoms with Crippen LogP contribution in [0, 0.1) is 6.92 Å². The van der Waals surface area contributed by atoms with Gasteiger partial charge < -0.3 is 5.32 Å². The molecule has 0 bridgehead atoms. The maximum atomic E-state index is 12.2. The molecular formula is C20H23Cl2N3OS. The summed E-state index contributed by atoms with van der Waals surface area (Å²) in [5, 5.41) is 5.21. The molecule has 1 aromatic heterocycles. The number of amides is 1. The van der Waals surface area contributed by atoms with E-state index in [1.807, 2.05) is 43.5 Å². The average Bonchev–Trinajstić information content (AvgIpc) is 2.66. The molecule has 27 heavy (non-hydrogen) atoms. The quantitative estimate of drug-likeness (QED) is 0.691. The van der Waals surface area contributed by atoms with Gasteiger partial charge in [-0.25, -0.2) is 4.98 Å². The summed E-state index contributed by atoms with van der Waals surface area (Å²) in [4.78, 5) is 18.9. The fourth-order valence-electron chi connectivity index (χ4n) is 3.08. The number of halogens is 2. The minimum absolute atomic E-state index is 0.0744. The Bertz CT molecular complexity index is 777. The predicted molar refractivity (Wildman–Crippen MR) is 113 cm³/mol. The molecule has 4 nitrogen and oxygen atoms in total. The van der Waals surface area contributed by atoms with Crippen molar-refractivity contribution in [3.8, 4) is 0 Å². The molecule has 7 heteroatoms. The third kappa shape index (κ3) is 6.39. The average molecular weight is 424 g/mol. The van der Waals surface area contributed by atoms with Crippen molar-refractivity contribution in [3.63, 3.8) is 0 Å². The number of rotatable bonds is 6. The largest absolute Gasteiger partial charge is 0.353 e. The number of aromatic nitrogens is 1. The number of piperidine rings is 1. The van der Waals surface area contributed by atoms with Crippen molar-refractivity contribution >= 4 is 40.9 Å². The standard InChI is InChI=1S/C20H23Cl2N3OS/c1-14-2-5-20(23-11-14)27-13-19(26)24-16-6-8-25(9-7-16)12-15-3-4-17(21)18(22)10-15/h2-5,10-11,16H,6-9,12-13H2,1H3,(H,24,26). The summed E-state index contributed by atoms with van der Waals surface area (Å²) in [6.45, 7) is 4.77. The first-order valence-corrected chi connectivity index (χ1v) is 10.7. The van der Waals surface area contributed by atoms with Crippen LogP contribution in [0.5, 0.6) is 0 Å². The van der Waals surface area contributed by atoms with Gasteiger partial charge in [-0.15, -0.1) is 0 Å². The normalized spacial score (nSPS) is 15.7. The zero-order valence-electron chi connectivity index (χ0n) is 15.3. The van der Waals surface area contributed by atoms with Crippen molar-refractivity contribution in [1.82, 2.24) is 15.2 Å². The second kappa shape index (κ2) is 9.78. The first-order valence-electron chi connectivity index (χ1n) is 9.01. The number of hydrogen-bond donors (Lipinski definition) is 1. The Morgan fingerprint density at radius 1 is 1.22 bits per heavy atom. The molecular weight excluding hydrogens is 401 g/mol. The molecule has 1 fully saturated rings. The highest BCUT2D eigenvalue weighted by atomic mass is 35.5. The Morgan fingerprint density at radius 2 is 2.00 bits per heavy atom. The first-order chi connectivity index (χ1) is 13.0. The van der Waals surface area contributed by atoms with Crippen LogP contribution in [-0.2, 0) is 11.3 Å². The summed E-state index contributed by atoms with van der Waals surface area (Å²) in [6.07, 6.45) is 3.74. The van der Waals surface area contributed by atoms with Crippen molar-refractivity contribution in [3.05, 3.63) is 57.7 Å². The lowest BCUT2D eigenvalue weighted by Crippen LogP contribution is -2.44. The number of carbonyl (C=O) groups excluding carboxylic acids is 1. The van der Waals surface area contributed by atoms with Crippen LogP contribution in [0.15, 0.2) is 41.6 Å². The Balaban J connectivity index is 1.39. The number of likely N-dealkylation sites (tertiary alicyclic amines) is 1. The van der Waals surface area contributed by atoms with Gasteiger partial charge in [-0.05, 0) is 49.1 Å². The van der Waals surface area contributed by atoms with E-state index in [0.29, 0.717) is 15.8 Å². The molecule has 1 aliphatic heterocycles. The summed E-state index contributed by atoms with van der Waals surface area (Å²) in [5.74, 6) is 0.477. The van der Waals surface area contributed by atoms with E-state index in [4.69, 9.17) is 23.2 Å². The van der Waals surface area contributed by atoms with E-state index in [-0.39, 0.29) is 11.9 Å². The molecule has 1 aromatic carbocycles. The van der Waals surface area contributed by atoms with Gasteiger partial charge in [0.1, 0.15) is 0 Å². The summed E-state index contributed by atoms with van der Waals surface area (Å²) in [5.41, 5.74) is 2.28. The number of nitrogens with one attached hydrogen (secondary N) is 1. The summed E-state index contributed by atoms with van der Waals surface area (Å²) >= 11 is 13.5. The van der Waals surface area contributed by atoms with Crippen LogP contribution in [0.25, 0.3) is 0 Å². The Kier molecular flexibility index (Phi) is 7.41. The highest BCUT2D eigenvalue weighted by Crippen LogP contribution is 2.24. The van der Waals surface area contributed by atoms with Crippen LogP contribution in [0.1, 0.15) is 24.0 Å². The van der Waals surface area contributed by atoms with Gasteiger partial charge in [-0.2, -0.15) is 0 Å². The number of benzene rings is 1. The molecule has 0 unspecified atom stereocenters. The second-order valence-electron chi connectivity index (χ2n) is 6.83. The van der Waals surface area contributed by atoms with Crippen molar-refractivity contribution in [2.45, 2.75) is 37.4 Å². The van der Waals surface area contributed by atoms with Crippen molar-refractivity contribution in [2.75, 3.05) is 18.8 Å². The minimum Gasteiger partial charge on any atom is -0.353 e. The van der Waals surface area contributed by atoms with Gasteiger partial charge in [0.25, 0.3) is 0 Å². The minimum atomic E-state index is 0.0744. The lowest BCUT2D eigenvalue weighted by molar-refractivity contribution is -0.119. The van der Waals surface area contributed by atoms with Crippen molar-refractivity contribution in [1.29, 1.82) is 0 Å². The maximum absolute atomic E-state index is 12.2. The van der Waals surface area contributed by atoms with E-state index < -0.39 is 0 Å². The Hall–Kier alpha value is -1.27. The van der Waals surface area contributed by atoms with Crippen molar-refractivity contribution < 1.29 is 4.79 Å². The van der Waals surface area contributed by atoms with Gasteiger partial charge in [-0.1, -0.05) is 47.1 Å². The highest BCUT2D eigenvalue weighted by Gasteiger charge is 2.21. The highest BCUT2D eigenvalue weighted by molar-refractivity contribution is 7.99. The van der Waals surface area contributed by atoms with Crippen LogP contribution < -0.4 is 5.32 Å². The smallest absolute Gasteiger partial charge is 0.230 e. The topological polar surface area (TPSA) is 45.2 Å². The molecule has 1 amide bonds. The molecule has 3 rings (SSSR count). The molecule has 1 saturated heterocycles. The van der Waals surface area contributed by atoms with Gasteiger partial charge >= 0.3 is 0 Å². The zero-order chi connectivity index (χ0) is 19.2. The summed E-state index contributed by atoms with van der Waals surface area (Å²) < 4.78 is 0. The molecule has 1 aliphatic rings. The monoisotopic (exact) mass is 423 g/mol. The molecule has 144 valence electrons. The molecule has 0 radical (unpaired) electrons. The fraction of sp³-hybridized carbons (Fsp3) is 0.400. The fourth-order valence-corrected chi connectivity index (χ4v) is 4.05. The van der Waals surface area contributed by atoms with Gasteiger partial charge in [0.15, 0.2) is 0 Å². The van der Waals surface area contributed by atoms with Gasteiger partial charge in [0, 0.05) is 31.9 Å². The number of hydrogen-bond acceptors (Lipinski definition) is 4. The summed E-state index contributed by atoms with van der Waals surface area (Å²) in [7, 11) is 0. The van der Waals surface area contributed by atoms with Gasteiger partial charge in [-0.3, -0.25) is 9.69 Å². The summed E-state index contributed by atoms with van der Waals surface area (Å²) in [6, 6.07) is 9.99. The van der Waals surface area contributed by atoms with Crippen LogP contribution in [-0.4, -0.2) is 40.7 Å².